The third-order valence-electron chi connectivity index (χ3n) is 3.12. The molecule has 0 unspecified atom stereocenters. The van der Waals surface area contributed by atoms with Gasteiger partial charge < -0.3 is 9.47 Å². The number of hydrogen-bond acceptors (Lipinski definition) is 4. The maximum absolute atomic E-state index is 11.9. The monoisotopic (exact) mass is 313 g/mol. The van der Waals surface area contributed by atoms with Crippen molar-refractivity contribution in [1.82, 2.24) is 0 Å². The molecule has 0 fully saturated rings. The van der Waals surface area contributed by atoms with Crippen molar-refractivity contribution in [3.05, 3.63) is 70.4 Å². The lowest BCUT2D eigenvalue weighted by molar-refractivity contribution is -0.129. The lowest BCUT2D eigenvalue weighted by atomic mass is 10.2. The summed E-state index contributed by atoms with van der Waals surface area (Å²) in [7, 11) is 1.55. The van der Waals surface area contributed by atoms with Crippen molar-refractivity contribution in [2.75, 3.05) is 7.11 Å². The number of esters is 1. The van der Waals surface area contributed by atoms with Crippen LogP contribution in [0, 0.1) is 0 Å². The molecule has 0 atom stereocenters. The molecule has 3 rings (SSSR count). The van der Waals surface area contributed by atoms with Crippen LogP contribution in [0.1, 0.15) is 11.1 Å². The number of aliphatic imine (C=N–C) groups is 1. The molecule has 1 aliphatic rings. The Labute approximate surface area is 132 Å². The summed E-state index contributed by atoms with van der Waals surface area (Å²) in [6, 6.07) is 14.5. The van der Waals surface area contributed by atoms with E-state index in [0.29, 0.717) is 16.7 Å². The van der Waals surface area contributed by atoms with Gasteiger partial charge in [-0.25, -0.2) is 9.79 Å². The number of hydrogen-bond donors (Lipinski definition) is 0. The first-order valence-electron chi connectivity index (χ1n) is 6.59. The third kappa shape index (κ3) is 2.87. The van der Waals surface area contributed by atoms with Crippen molar-refractivity contribution >= 4 is 29.5 Å². The van der Waals surface area contributed by atoms with Crippen LogP contribution in [0.4, 0.5) is 0 Å². The van der Waals surface area contributed by atoms with Crippen molar-refractivity contribution in [3.63, 3.8) is 0 Å². The zero-order chi connectivity index (χ0) is 15.5. The van der Waals surface area contributed by atoms with E-state index in [1.54, 1.807) is 31.4 Å². The molecule has 0 aromatic heterocycles. The van der Waals surface area contributed by atoms with E-state index in [4.69, 9.17) is 21.1 Å². The second-order valence-electron chi connectivity index (χ2n) is 4.60. The Kier molecular flexibility index (Phi) is 3.94. The van der Waals surface area contributed by atoms with Crippen LogP contribution in [-0.4, -0.2) is 19.0 Å². The van der Waals surface area contributed by atoms with Crippen LogP contribution in [-0.2, 0) is 9.53 Å². The minimum atomic E-state index is -0.481. The maximum Gasteiger partial charge on any atom is 0.363 e. The van der Waals surface area contributed by atoms with Gasteiger partial charge in [-0.3, -0.25) is 0 Å². The molecule has 1 heterocycles. The Balaban J connectivity index is 1.92. The minimum Gasteiger partial charge on any atom is -0.495 e. The predicted octanol–water partition coefficient (Wildman–Crippen LogP) is 3.69. The van der Waals surface area contributed by atoms with Crippen molar-refractivity contribution in [2.45, 2.75) is 0 Å². The Morgan fingerprint density at radius 1 is 1.18 bits per heavy atom. The molecule has 1 aliphatic heterocycles. The normalized spacial score (nSPS) is 15.6. The van der Waals surface area contributed by atoms with E-state index in [1.165, 1.54) is 0 Å². The second-order valence-corrected chi connectivity index (χ2v) is 5.00. The quantitative estimate of drug-likeness (QED) is 0.641. The number of methoxy groups -OCH3 is 1. The number of halogens is 1. The van der Waals surface area contributed by atoms with Gasteiger partial charge in [0.2, 0.25) is 5.90 Å². The molecular formula is C17H12ClNO3. The Morgan fingerprint density at radius 2 is 1.95 bits per heavy atom. The lowest BCUT2D eigenvalue weighted by Gasteiger charge is -2.03. The summed E-state index contributed by atoms with van der Waals surface area (Å²) in [6.45, 7) is 0. The van der Waals surface area contributed by atoms with Crippen molar-refractivity contribution < 1.29 is 14.3 Å². The van der Waals surface area contributed by atoms with E-state index in [2.05, 4.69) is 4.99 Å². The SMILES string of the molecule is COc1ccc(/C=C2\N=C(c3ccccc3)OC2=O)cc1Cl. The highest BCUT2D eigenvalue weighted by Gasteiger charge is 2.23. The number of ether oxygens (including phenoxy) is 2. The van der Waals surface area contributed by atoms with Gasteiger partial charge in [-0.15, -0.1) is 0 Å². The van der Waals surface area contributed by atoms with E-state index in [9.17, 15) is 4.79 Å². The standard InChI is InChI=1S/C17H12ClNO3/c1-21-15-8-7-11(9-13(15)18)10-14-17(20)22-16(19-14)12-5-3-2-4-6-12/h2-10H,1H3/b14-10-. The fourth-order valence-electron chi connectivity index (χ4n) is 2.04. The third-order valence-corrected chi connectivity index (χ3v) is 3.42. The molecule has 22 heavy (non-hydrogen) atoms. The number of carbonyl (C=O) groups excluding carboxylic acids is 1. The first-order valence-corrected chi connectivity index (χ1v) is 6.96. The molecular weight excluding hydrogens is 302 g/mol. The van der Waals surface area contributed by atoms with Crippen LogP contribution in [0.2, 0.25) is 5.02 Å². The molecule has 2 aromatic carbocycles. The summed E-state index contributed by atoms with van der Waals surface area (Å²) in [5.41, 5.74) is 1.74. The first-order chi connectivity index (χ1) is 10.7. The molecule has 0 amide bonds. The number of benzene rings is 2. The van der Waals surface area contributed by atoms with Crippen LogP contribution in [0.3, 0.4) is 0 Å². The van der Waals surface area contributed by atoms with Crippen molar-refractivity contribution in [2.24, 2.45) is 4.99 Å². The van der Waals surface area contributed by atoms with Gasteiger partial charge in [0.1, 0.15) is 5.75 Å². The van der Waals surface area contributed by atoms with Crippen LogP contribution < -0.4 is 4.74 Å². The summed E-state index contributed by atoms with van der Waals surface area (Å²) < 4.78 is 10.3. The molecule has 5 heteroatoms. The molecule has 2 aromatic rings. The summed E-state index contributed by atoms with van der Waals surface area (Å²) in [6.07, 6.45) is 1.63. The molecule has 4 nitrogen and oxygen atoms in total. The van der Waals surface area contributed by atoms with Gasteiger partial charge in [-0.2, -0.15) is 0 Å². The van der Waals surface area contributed by atoms with E-state index in [0.717, 1.165) is 11.1 Å². The average molecular weight is 314 g/mol. The molecule has 0 N–H and O–H groups in total. The summed E-state index contributed by atoms with van der Waals surface area (Å²) in [5, 5.41) is 0.468. The van der Waals surface area contributed by atoms with Gasteiger partial charge in [0, 0.05) is 5.56 Å². The molecule has 110 valence electrons. The molecule has 0 spiro atoms. The van der Waals surface area contributed by atoms with Crippen LogP contribution >= 0.6 is 11.6 Å². The van der Waals surface area contributed by atoms with Gasteiger partial charge in [0.25, 0.3) is 0 Å². The van der Waals surface area contributed by atoms with Crippen LogP contribution in [0.15, 0.2) is 59.2 Å². The Bertz CT molecular complexity index is 782. The zero-order valence-electron chi connectivity index (χ0n) is 11.7. The molecule has 0 aliphatic carbocycles. The molecule has 0 radical (unpaired) electrons. The van der Waals surface area contributed by atoms with Gasteiger partial charge >= 0.3 is 5.97 Å². The predicted molar refractivity (Wildman–Crippen MR) is 85.1 cm³/mol. The topological polar surface area (TPSA) is 47.9 Å². The van der Waals surface area contributed by atoms with Gasteiger partial charge in [-0.1, -0.05) is 35.9 Å². The molecule has 0 saturated heterocycles. The molecule has 0 saturated carbocycles. The van der Waals surface area contributed by atoms with Gasteiger partial charge in [0.05, 0.1) is 12.1 Å². The lowest BCUT2D eigenvalue weighted by Crippen LogP contribution is -2.04. The van der Waals surface area contributed by atoms with Crippen molar-refractivity contribution in [3.8, 4) is 5.75 Å². The largest absolute Gasteiger partial charge is 0.495 e. The Morgan fingerprint density at radius 3 is 2.64 bits per heavy atom. The van der Waals surface area contributed by atoms with E-state index in [1.807, 2.05) is 30.3 Å². The van der Waals surface area contributed by atoms with E-state index < -0.39 is 5.97 Å². The Hall–Kier alpha value is -2.59. The van der Waals surface area contributed by atoms with Gasteiger partial charge in [0.15, 0.2) is 5.70 Å². The van der Waals surface area contributed by atoms with Crippen LogP contribution in [0.5, 0.6) is 5.75 Å². The maximum atomic E-state index is 11.9. The number of carbonyl (C=O) groups is 1. The van der Waals surface area contributed by atoms with Gasteiger partial charge in [-0.05, 0) is 35.9 Å². The first kappa shape index (κ1) is 14.4. The van der Waals surface area contributed by atoms with E-state index >= 15 is 0 Å². The second kappa shape index (κ2) is 6.03. The highest BCUT2D eigenvalue weighted by atomic mass is 35.5. The number of rotatable bonds is 3. The smallest absolute Gasteiger partial charge is 0.363 e. The minimum absolute atomic E-state index is 0.236. The van der Waals surface area contributed by atoms with E-state index in [-0.39, 0.29) is 5.70 Å². The van der Waals surface area contributed by atoms with Crippen molar-refractivity contribution in [1.29, 1.82) is 0 Å². The summed E-state index contributed by atoms with van der Waals surface area (Å²) in [4.78, 5) is 16.1. The average Bonchev–Trinajstić information content (AvgIpc) is 2.89. The molecule has 0 bridgehead atoms. The fourth-order valence-corrected chi connectivity index (χ4v) is 2.31. The summed E-state index contributed by atoms with van der Waals surface area (Å²) >= 11 is 6.07. The highest BCUT2D eigenvalue weighted by molar-refractivity contribution is 6.32. The highest BCUT2D eigenvalue weighted by Crippen LogP contribution is 2.27. The summed E-state index contributed by atoms with van der Waals surface area (Å²) in [5.74, 6) is 0.397. The van der Waals surface area contributed by atoms with Crippen LogP contribution in [0.25, 0.3) is 6.08 Å². The number of nitrogens with zero attached hydrogens (tertiary/aromatic N) is 1. The zero-order valence-corrected chi connectivity index (χ0v) is 12.5. The number of cyclic esters (lactones) is 1. The fraction of sp³-hybridized carbons (Fsp3) is 0.0588.